The zero-order valence-corrected chi connectivity index (χ0v) is 16.2. The van der Waals surface area contributed by atoms with E-state index in [-0.39, 0.29) is 0 Å². The van der Waals surface area contributed by atoms with E-state index >= 15 is 0 Å². The number of hydrogen-bond acceptors (Lipinski definition) is 10. The summed E-state index contributed by atoms with van der Waals surface area (Å²) in [5.41, 5.74) is 5.09. The lowest BCUT2D eigenvalue weighted by Crippen LogP contribution is -2.37. The van der Waals surface area contributed by atoms with Gasteiger partial charge in [0.1, 0.15) is 5.75 Å². The molecule has 1 aromatic carbocycles. The normalized spacial score (nSPS) is 11.2. The van der Waals surface area contributed by atoms with Gasteiger partial charge in [0, 0.05) is 6.54 Å². The highest BCUT2D eigenvalue weighted by Crippen LogP contribution is 2.16. The van der Waals surface area contributed by atoms with Crippen LogP contribution in [0.4, 0.5) is 0 Å². The van der Waals surface area contributed by atoms with E-state index in [0.717, 1.165) is 11.1 Å². The molecule has 0 bridgehead atoms. The highest BCUT2D eigenvalue weighted by Gasteiger charge is 2.27. The van der Waals surface area contributed by atoms with E-state index in [2.05, 4.69) is 0 Å². The fourth-order valence-electron chi connectivity index (χ4n) is 1.44. The summed E-state index contributed by atoms with van der Waals surface area (Å²) in [6, 6.07) is 5.37. The van der Waals surface area contributed by atoms with Crippen molar-refractivity contribution >= 4 is 0 Å². The number of aromatic hydroxyl groups is 1. The van der Waals surface area contributed by atoms with Gasteiger partial charge in [-0.1, -0.05) is 12.1 Å². The van der Waals surface area contributed by atoms with Gasteiger partial charge in [0.25, 0.3) is 0 Å². The van der Waals surface area contributed by atoms with Gasteiger partial charge in [0.05, 0.1) is 63.7 Å². The fourth-order valence-corrected chi connectivity index (χ4v) is 1.44. The summed E-state index contributed by atoms with van der Waals surface area (Å²) >= 11 is 0. The summed E-state index contributed by atoms with van der Waals surface area (Å²) in [7, 11) is 0. The second-order valence-electron chi connectivity index (χ2n) is 6.59. The Morgan fingerprint density at radius 2 is 1.00 bits per heavy atom. The number of rotatable bonds is 9. The second kappa shape index (κ2) is 15.6. The minimum atomic E-state index is -1.11. The Balaban J connectivity index is 0. The molecule has 0 spiro atoms. The summed E-state index contributed by atoms with van der Waals surface area (Å²) in [4.78, 5) is 0. The van der Waals surface area contributed by atoms with Crippen molar-refractivity contribution in [2.24, 2.45) is 16.6 Å². The van der Waals surface area contributed by atoms with Crippen LogP contribution >= 0.6 is 0 Å². The van der Waals surface area contributed by atoms with Gasteiger partial charge in [-0.05, 0) is 24.1 Å². The van der Waals surface area contributed by atoms with Crippen LogP contribution in [0, 0.1) is 17.8 Å². The third kappa shape index (κ3) is 9.73. The molecule has 0 saturated carbocycles. The summed E-state index contributed by atoms with van der Waals surface area (Å²) in [5, 5.41) is 77.1. The molecule has 0 aromatic heterocycles. The zero-order chi connectivity index (χ0) is 22.2. The van der Waals surface area contributed by atoms with Crippen molar-refractivity contribution < 1.29 is 46.0 Å². The maximum absolute atomic E-state index is 9.10. The van der Waals surface area contributed by atoms with Gasteiger partial charge in [0.2, 0.25) is 0 Å². The van der Waals surface area contributed by atoms with Gasteiger partial charge in [-0.15, -0.1) is 0 Å². The number of nitrogens with two attached hydrogens (primary N) is 1. The Kier molecular flexibility index (Phi) is 16.0. The van der Waals surface area contributed by atoms with E-state index in [1.807, 2.05) is 19.1 Å². The highest BCUT2D eigenvalue weighted by atomic mass is 16.3. The average molecular weight is 409 g/mol. The minimum Gasteiger partial charge on any atom is -0.508 e. The van der Waals surface area contributed by atoms with E-state index < -0.39 is 63.7 Å². The van der Waals surface area contributed by atoms with Crippen molar-refractivity contribution in [1.82, 2.24) is 0 Å². The van der Waals surface area contributed by atoms with Crippen LogP contribution in [0.15, 0.2) is 18.2 Å². The molecule has 0 radical (unpaired) electrons. The van der Waals surface area contributed by atoms with E-state index in [1.165, 1.54) is 0 Å². The second-order valence-corrected chi connectivity index (χ2v) is 6.59. The molecule has 0 aliphatic rings. The first-order chi connectivity index (χ1) is 13.2. The van der Waals surface area contributed by atoms with E-state index in [0.29, 0.717) is 12.3 Å². The SMILES string of the molecule is Cc1cc(CN)ccc1O.OCC(CO)(CO)CO.OCC(CO)(CO)CO. The lowest BCUT2D eigenvalue weighted by atomic mass is 9.93. The molecule has 1 aromatic rings. The number of aryl methyl sites for hydroxylation is 1. The van der Waals surface area contributed by atoms with Crippen LogP contribution in [0.25, 0.3) is 0 Å². The minimum absolute atomic E-state index is 0.331. The molecule has 1 rings (SSSR count). The molecule has 0 unspecified atom stereocenters. The van der Waals surface area contributed by atoms with Crippen molar-refractivity contribution in [2.45, 2.75) is 13.5 Å². The first kappa shape index (κ1) is 28.9. The predicted molar refractivity (Wildman–Crippen MR) is 102 cm³/mol. The van der Waals surface area contributed by atoms with Crippen LogP contribution in [0.3, 0.4) is 0 Å². The first-order valence-electron chi connectivity index (χ1n) is 8.58. The maximum Gasteiger partial charge on any atom is 0.118 e. The van der Waals surface area contributed by atoms with Crippen LogP contribution in [-0.4, -0.2) is 98.8 Å². The van der Waals surface area contributed by atoms with Gasteiger partial charge in [-0.2, -0.15) is 0 Å². The van der Waals surface area contributed by atoms with Gasteiger partial charge in [-0.25, -0.2) is 0 Å². The first-order valence-corrected chi connectivity index (χ1v) is 8.58. The number of aliphatic hydroxyl groups is 8. The third-order valence-electron chi connectivity index (χ3n) is 4.18. The Morgan fingerprint density at radius 3 is 1.18 bits per heavy atom. The molecule has 0 amide bonds. The summed E-state index contributed by atoms with van der Waals surface area (Å²) < 4.78 is 0. The maximum atomic E-state index is 9.10. The molecule has 10 heteroatoms. The average Bonchev–Trinajstić information content (AvgIpc) is 2.75. The molecule has 0 fully saturated rings. The molecule has 166 valence electrons. The number of phenolic OH excluding ortho intramolecular Hbond substituents is 1. The Morgan fingerprint density at radius 1 is 0.679 bits per heavy atom. The summed E-state index contributed by atoms with van der Waals surface area (Å²) in [6.45, 7) is -0.865. The van der Waals surface area contributed by atoms with Gasteiger partial charge >= 0.3 is 0 Å². The summed E-state index contributed by atoms with van der Waals surface area (Å²) in [6.07, 6.45) is 0. The molecule has 10 nitrogen and oxygen atoms in total. The fraction of sp³-hybridized carbons (Fsp3) is 0.667. The molecule has 0 saturated heterocycles. The monoisotopic (exact) mass is 409 g/mol. The molecule has 0 aliphatic carbocycles. The molecular formula is C18H35NO9. The molecule has 11 N–H and O–H groups in total. The Labute approximate surface area is 164 Å². The quantitative estimate of drug-likeness (QED) is 0.200. The van der Waals surface area contributed by atoms with Crippen molar-refractivity contribution in [3.05, 3.63) is 29.3 Å². The standard InChI is InChI=1S/C8H11NO.2C5H12O4/c1-6-4-7(5-9)2-3-8(6)10;2*6-1-5(2-7,3-8)4-9/h2-4,10H,5,9H2,1H3;2*6-9H,1-4H2. The molecule has 28 heavy (non-hydrogen) atoms. The largest absolute Gasteiger partial charge is 0.508 e. The van der Waals surface area contributed by atoms with Gasteiger partial charge in [0.15, 0.2) is 0 Å². The van der Waals surface area contributed by atoms with Crippen LogP contribution in [-0.2, 0) is 6.54 Å². The van der Waals surface area contributed by atoms with Gasteiger partial charge in [-0.3, -0.25) is 0 Å². The van der Waals surface area contributed by atoms with Crippen LogP contribution in [0.5, 0.6) is 5.75 Å². The molecule has 0 atom stereocenters. The topological polar surface area (TPSA) is 208 Å². The predicted octanol–water partition coefficient (Wildman–Crippen LogP) is -2.96. The van der Waals surface area contributed by atoms with Crippen LogP contribution in [0.2, 0.25) is 0 Å². The van der Waals surface area contributed by atoms with Crippen molar-refractivity contribution in [2.75, 3.05) is 52.9 Å². The Hall–Kier alpha value is -1.34. The lowest BCUT2D eigenvalue weighted by molar-refractivity contribution is -0.0332. The smallest absolute Gasteiger partial charge is 0.118 e. The third-order valence-corrected chi connectivity index (χ3v) is 4.18. The van der Waals surface area contributed by atoms with E-state index in [9.17, 15) is 0 Å². The molecule has 0 heterocycles. The lowest BCUT2D eigenvalue weighted by Gasteiger charge is -2.23. The summed E-state index contributed by atoms with van der Waals surface area (Å²) in [5.74, 6) is 0.331. The highest BCUT2D eigenvalue weighted by molar-refractivity contribution is 5.34. The van der Waals surface area contributed by atoms with Crippen molar-refractivity contribution in [3.8, 4) is 5.75 Å². The number of hydrogen-bond donors (Lipinski definition) is 10. The van der Waals surface area contributed by atoms with Crippen molar-refractivity contribution in [1.29, 1.82) is 0 Å². The number of benzene rings is 1. The van der Waals surface area contributed by atoms with E-state index in [4.69, 9.17) is 51.7 Å². The van der Waals surface area contributed by atoms with Gasteiger partial charge < -0.3 is 51.7 Å². The zero-order valence-electron chi connectivity index (χ0n) is 16.2. The van der Waals surface area contributed by atoms with Crippen LogP contribution in [0.1, 0.15) is 11.1 Å². The van der Waals surface area contributed by atoms with Crippen molar-refractivity contribution in [3.63, 3.8) is 0 Å². The molecular weight excluding hydrogens is 374 g/mol. The number of phenols is 1. The van der Waals surface area contributed by atoms with E-state index in [1.54, 1.807) is 6.07 Å². The number of aliphatic hydroxyl groups excluding tert-OH is 8. The molecule has 0 aliphatic heterocycles. The van der Waals surface area contributed by atoms with Crippen LogP contribution < -0.4 is 5.73 Å². The Bertz CT molecular complexity index is 451.